The Morgan fingerprint density at radius 1 is 1.40 bits per heavy atom. The largest absolute Gasteiger partial charge is 0.416 e. The monoisotopic (exact) mass is 280 g/mol. The summed E-state index contributed by atoms with van der Waals surface area (Å²) in [4.78, 5) is 6.58. The maximum atomic E-state index is 12.6. The van der Waals surface area contributed by atoms with Gasteiger partial charge in [0, 0.05) is 6.54 Å². The van der Waals surface area contributed by atoms with Gasteiger partial charge in [0.1, 0.15) is 6.04 Å². The molecule has 4 nitrogen and oxygen atoms in total. The molecule has 0 saturated carbocycles. The molecule has 0 aliphatic heterocycles. The van der Waals surface area contributed by atoms with Gasteiger partial charge in [0.05, 0.1) is 29.9 Å². The van der Waals surface area contributed by atoms with Gasteiger partial charge in [-0.05, 0) is 11.6 Å². The quantitative estimate of drug-likeness (QED) is 0.905. The molecule has 0 radical (unpaired) electrons. The van der Waals surface area contributed by atoms with E-state index in [9.17, 15) is 13.2 Å². The Morgan fingerprint density at radius 2 is 2.20 bits per heavy atom. The molecule has 104 valence electrons. The summed E-state index contributed by atoms with van der Waals surface area (Å²) in [6.45, 7) is 0.154. The number of nitrogens with one attached hydrogen (secondary N) is 2. The van der Waals surface area contributed by atoms with E-state index in [1.54, 1.807) is 6.07 Å². The lowest BCUT2D eigenvalue weighted by atomic mass is 10.1. The van der Waals surface area contributed by atoms with E-state index in [0.29, 0.717) is 11.3 Å². The first kappa shape index (κ1) is 14.1. The molecule has 1 aromatic heterocycles. The van der Waals surface area contributed by atoms with E-state index >= 15 is 0 Å². The molecule has 7 heteroatoms. The van der Waals surface area contributed by atoms with Crippen molar-refractivity contribution < 1.29 is 13.2 Å². The highest BCUT2D eigenvalue weighted by molar-refractivity contribution is 5.26. The van der Waals surface area contributed by atoms with Crippen molar-refractivity contribution in [1.82, 2.24) is 15.3 Å². The Morgan fingerprint density at radius 3 is 2.80 bits per heavy atom. The summed E-state index contributed by atoms with van der Waals surface area (Å²) in [6, 6.07) is 6.36. The van der Waals surface area contributed by atoms with Crippen LogP contribution in [0.25, 0.3) is 0 Å². The number of imidazole rings is 1. The highest BCUT2D eigenvalue weighted by atomic mass is 19.4. The van der Waals surface area contributed by atoms with Crippen molar-refractivity contribution >= 4 is 0 Å². The van der Waals surface area contributed by atoms with Crippen molar-refractivity contribution in [3.63, 3.8) is 0 Å². The third-order valence-corrected chi connectivity index (χ3v) is 2.72. The molecule has 0 spiro atoms. The number of aromatic nitrogens is 2. The smallest absolute Gasteiger partial charge is 0.346 e. The van der Waals surface area contributed by atoms with E-state index in [4.69, 9.17) is 5.26 Å². The molecule has 2 aromatic rings. The van der Waals surface area contributed by atoms with Crippen molar-refractivity contribution in [2.45, 2.75) is 18.8 Å². The topological polar surface area (TPSA) is 64.5 Å². The number of H-pyrrole nitrogens is 1. The van der Waals surface area contributed by atoms with E-state index in [2.05, 4.69) is 15.3 Å². The van der Waals surface area contributed by atoms with Crippen LogP contribution >= 0.6 is 0 Å². The molecule has 1 aromatic carbocycles. The molecule has 0 amide bonds. The molecule has 2 rings (SSSR count). The lowest BCUT2D eigenvalue weighted by Gasteiger charge is -2.11. The Bertz CT molecular complexity index is 599. The van der Waals surface area contributed by atoms with Gasteiger partial charge in [-0.25, -0.2) is 4.98 Å². The number of rotatable bonds is 4. The summed E-state index contributed by atoms with van der Waals surface area (Å²) in [5.41, 5.74) is 0.325. The first-order valence-electron chi connectivity index (χ1n) is 5.78. The van der Waals surface area contributed by atoms with Crippen LogP contribution in [-0.4, -0.2) is 9.97 Å². The zero-order valence-corrected chi connectivity index (χ0v) is 10.3. The number of hydrogen-bond acceptors (Lipinski definition) is 3. The molecule has 1 atom stereocenters. The van der Waals surface area contributed by atoms with Crippen LogP contribution in [0.5, 0.6) is 0 Å². The number of hydrogen-bond donors (Lipinski definition) is 2. The predicted molar refractivity (Wildman–Crippen MR) is 65.2 cm³/mol. The third-order valence-electron chi connectivity index (χ3n) is 2.72. The maximum Gasteiger partial charge on any atom is 0.416 e. The van der Waals surface area contributed by atoms with Crippen molar-refractivity contribution in [2.75, 3.05) is 0 Å². The molecule has 0 saturated heterocycles. The van der Waals surface area contributed by atoms with Gasteiger partial charge in [-0.1, -0.05) is 18.2 Å². The second kappa shape index (κ2) is 5.75. The lowest BCUT2D eigenvalue weighted by Crippen LogP contribution is -2.20. The minimum atomic E-state index is -4.37. The third kappa shape index (κ3) is 3.36. The zero-order valence-electron chi connectivity index (χ0n) is 10.3. The van der Waals surface area contributed by atoms with E-state index < -0.39 is 17.8 Å². The van der Waals surface area contributed by atoms with Crippen LogP contribution in [0.1, 0.15) is 22.9 Å². The number of nitriles is 1. The molecule has 1 heterocycles. The second-order valence-electron chi connectivity index (χ2n) is 4.15. The lowest BCUT2D eigenvalue weighted by molar-refractivity contribution is -0.137. The van der Waals surface area contributed by atoms with Crippen LogP contribution in [0.2, 0.25) is 0 Å². The summed E-state index contributed by atoms with van der Waals surface area (Å²) >= 11 is 0. The molecule has 0 bridgehead atoms. The minimum absolute atomic E-state index is 0.154. The number of aromatic amines is 1. The average molecular weight is 280 g/mol. The maximum absolute atomic E-state index is 12.6. The molecular formula is C13H11F3N4. The summed E-state index contributed by atoms with van der Waals surface area (Å²) < 4.78 is 37.7. The van der Waals surface area contributed by atoms with Crippen molar-refractivity contribution in [2.24, 2.45) is 0 Å². The molecule has 2 N–H and O–H groups in total. The fourth-order valence-corrected chi connectivity index (χ4v) is 1.73. The summed E-state index contributed by atoms with van der Waals surface area (Å²) in [5.74, 6) is 0. The van der Waals surface area contributed by atoms with Gasteiger partial charge in [0.25, 0.3) is 0 Å². The van der Waals surface area contributed by atoms with Crippen LogP contribution in [0.3, 0.4) is 0 Å². The standard InChI is InChI=1S/C13H11F3N4/c14-13(15,16)10-3-1-2-9(4-10)6-19-11(5-17)12-7-18-8-20-12/h1-4,7-8,11,19H,6H2,(H,18,20). The molecule has 1 unspecified atom stereocenters. The van der Waals surface area contributed by atoms with Gasteiger partial charge in [-0.2, -0.15) is 18.4 Å². The first-order chi connectivity index (χ1) is 9.50. The van der Waals surface area contributed by atoms with Gasteiger partial charge in [-0.3, -0.25) is 5.32 Å². The van der Waals surface area contributed by atoms with E-state index in [-0.39, 0.29) is 6.54 Å². The van der Waals surface area contributed by atoms with Crippen molar-refractivity contribution in [3.05, 3.63) is 53.6 Å². The normalized spacial score (nSPS) is 12.9. The average Bonchev–Trinajstić information content (AvgIpc) is 2.93. The Labute approximate surface area is 113 Å². The van der Waals surface area contributed by atoms with Gasteiger partial charge in [0.15, 0.2) is 0 Å². The van der Waals surface area contributed by atoms with Crippen molar-refractivity contribution in [3.8, 4) is 6.07 Å². The number of nitrogens with zero attached hydrogens (tertiary/aromatic N) is 2. The Hall–Kier alpha value is -2.33. The van der Waals surface area contributed by atoms with E-state index in [1.165, 1.54) is 18.6 Å². The van der Waals surface area contributed by atoms with Gasteiger partial charge < -0.3 is 4.98 Å². The Kier molecular flexibility index (Phi) is 4.05. The number of benzene rings is 1. The SMILES string of the molecule is N#CC(NCc1cccc(C(F)(F)F)c1)c1cnc[nH]1. The molecular weight excluding hydrogens is 269 g/mol. The van der Waals surface area contributed by atoms with Gasteiger partial charge in [0.2, 0.25) is 0 Å². The van der Waals surface area contributed by atoms with Gasteiger partial charge >= 0.3 is 6.18 Å². The fourth-order valence-electron chi connectivity index (χ4n) is 1.73. The van der Waals surface area contributed by atoms with Crippen LogP contribution in [0.15, 0.2) is 36.8 Å². The highest BCUT2D eigenvalue weighted by Gasteiger charge is 2.30. The molecule has 0 aliphatic carbocycles. The van der Waals surface area contributed by atoms with Crippen molar-refractivity contribution in [1.29, 1.82) is 5.26 Å². The minimum Gasteiger partial charge on any atom is -0.346 e. The predicted octanol–water partition coefficient (Wildman–Crippen LogP) is 2.78. The Balaban J connectivity index is 2.06. The fraction of sp³-hybridized carbons (Fsp3) is 0.231. The molecule has 0 fully saturated rings. The number of halogens is 3. The molecule has 0 aliphatic rings. The first-order valence-corrected chi connectivity index (χ1v) is 5.78. The highest BCUT2D eigenvalue weighted by Crippen LogP contribution is 2.29. The van der Waals surface area contributed by atoms with Crippen LogP contribution in [-0.2, 0) is 12.7 Å². The van der Waals surface area contributed by atoms with E-state index in [1.807, 2.05) is 6.07 Å². The van der Waals surface area contributed by atoms with Gasteiger partial charge in [-0.15, -0.1) is 0 Å². The van der Waals surface area contributed by atoms with Crippen LogP contribution in [0.4, 0.5) is 13.2 Å². The van der Waals surface area contributed by atoms with Crippen LogP contribution < -0.4 is 5.32 Å². The summed E-state index contributed by atoms with van der Waals surface area (Å²) in [5, 5.41) is 11.9. The van der Waals surface area contributed by atoms with E-state index in [0.717, 1.165) is 12.1 Å². The van der Waals surface area contributed by atoms with Crippen LogP contribution in [0, 0.1) is 11.3 Å². The zero-order chi connectivity index (χ0) is 14.6. The second-order valence-corrected chi connectivity index (χ2v) is 4.15. The molecule has 20 heavy (non-hydrogen) atoms. The number of alkyl halides is 3. The summed E-state index contributed by atoms with van der Waals surface area (Å²) in [6.07, 6.45) is -1.44. The summed E-state index contributed by atoms with van der Waals surface area (Å²) in [7, 11) is 0.